The third-order valence-electron chi connectivity index (χ3n) is 6.21. The van der Waals surface area contributed by atoms with Crippen LogP contribution in [-0.2, 0) is 12.5 Å². The average molecular weight is 412 g/mol. The Kier molecular flexibility index (Phi) is 4.46. The van der Waals surface area contributed by atoms with Crippen LogP contribution in [0.1, 0.15) is 47.2 Å². The maximum Gasteiger partial charge on any atom is 0.274 e. The van der Waals surface area contributed by atoms with E-state index in [1.807, 2.05) is 35.9 Å². The topological polar surface area (TPSA) is 88.5 Å². The molecule has 1 aromatic carbocycles. The standard InChI is InChI=1S/C24H24N6O/c1-4-16-10-20(28-19-8-9-25-21(16)19)22(31)27-18-7-5-6-17(11-18)24(12-15(2)13-24)23-29-26-14-30(23)3/h4-11,14-15,25H,1,12-13H2,2-3H3,(H,27,31). The van der Waals surface area contributed by atoms with E-state index in [1.54, 1.807) is 24.7 Å². The van der Waals surface area contributed by atoms with Crippen LogP contribution in [0.25, 0.3) is 17.1 Å². The van der Waals surface area contributed by atoms with Gasteiger partial charge in [0.25, 0.3) is 5.91 Å². The number of fused-ring (bicyclic) bond motifs is 1. The van der Waals surface area contributed by atoms with Gasteiger partial charge in [-0.05, 0) is 48.6 Å². The number of carbonyl (C=O) groups excluding carboxylic acids is 1. The van der Waals surface area contributed by atoms with Crippen molar-refractivity contribution in [1.82, 2.24) is 24.7 Å². The molecule has 3 heterocycles. The number of H-pyrrole nitrogens is 1. The Morgan fingerprint density at radius 3 is 2.87 bits per heavy atom. The summed E-state index contributed by atoms with van der Waals surface area (Å²) in [5, 5.41) is 11.5. The van der Waals surface area contributed by atoms with E-state index in [0.29, 0.717) is 11.6 Å². The molecule has 0 spiro atoms. The lowest BCUT2D eigenvalue weighted by Crippen LogP contribution is -2.43. The van der Waals surface area contributed by atoms with E-state index >= 15 is 0 Å². The van der Waals surface area contributed by atoms with Gasteiger partial charge in [-0.25, -0.2) is 4.98 Å². The fourth-order valence-corrected chi connectivity index (χ4v) is 4.83. The molecule has 156 valence electrons. The number of hydrogen-bond donors (Lipinski definition) is 2. The predicted octanol–water partition coefficient (Wildman–Crippen LogP) is 4.30. The molecule has 2 N–H and O–H groups in total. The zero-order valence-corrected chi connectivity index (χ0v) is 17.6. The van der Waals surface area contributed by atoms with Crippen LogP contribution in [0.4, 0.5) is 5.69 Å². The molecular formula is C24H24N6O. The molecule has 7 nitrogen and oxygen atoms in total. The summed E-state index contributed by atoms with van der Waals surface area (Å²) in [5.41, 5.74) is 4.51. The summed E-state index contributed by atoms with van der Waals surface area (Å²) >= 11 is 0. The van der Waals surface area contributed by atoms with Gasteiger partial charge in [0.15, 0.2) is 0 Å². The lowest BCUT2D eigenvalue weighted by atomic mass is 9.58. The molecule has 0 bridgehead atoms. The van der Waals surface area contributed by atoms with Crippen molar-refractivity contribution in [2.75, 3.05) is 5.32 Å². The van der Waals surface area contributed by atoms with Crippen molar-refractivity contribution in [3.63, 3.8) is 0 Å². The molecule has 0 saturated heterocycles. The zero-order chi connectivity index (χ0) is 21.6. The van der Waals surface area contributed by atoms with Crippen LogP contribution in [0.15, 0.2) is 55.5 Å². The first-order valence-electron chi connectivity index (χ1n) is 10.4. The number of amides is 1. The molecule has 0 aliphatic heterocycles. The normalized spacial score (nSPS) is 20.4. The first kappa shape index (κ1) is 19.2. The van der Waals surface area contributed by atoms with Crippen molar-refractivity contribution in [2.24, 2.45) is 13.0 Å². The van der Waals surface area contributed by atoms with Crippen molar-refractivity contribution in [2.45, 2.75) is 25.2 Å². The van der Waals surface area contributed by atoms with Crippen molar-refractivity contribution in [3.05, 3.63) is 78.1 Å². The van der Waals surface area contributed by atoms with Gasteiger partial charge in [-0.15, -0.1) is 10.2 Å². The number of aromatic amines is 1. The molecule has 1 amide bonds. The van der Waals surface area contributed by atoms with Gasteiger partial charge in [-0.1, -0.05) is 31.7 Å². The molecule has 7 heteroatoms. The predicted molar refractivity (Wildman–Crippen MR) is 121 cm³/mol. The number of benzene rings is 1. The van der Waals surface area contributed by atoms with Crippen molar-refractivity contribution in [3.8, 4) is 0 Å². The van der Waals surface area contributed by atoms with Crippen LogP contribution in [-0.4, -0.2) is 30.6 Å². The number of aromatic nitrogens is 5. The summed E-state index contributed by atoms with van der Waals surface area (Å²) in [4.78, 5) is 20.6. The summed E-state index contributed by atoms with van der Waals surface area (Å²) in [7, 11) is 1.98. The number of hydrogen-bond acceptors (Lipinski definition) is 4. The molecule has 0 unspecified atom stereocenters. The van der Waals surface area contributed by atoms with E-state index < -0.39 is 0 Å². The number of aryl methyl sites for hydroxylation is 1. The third kappa shape index (κ3) is 3.13. The molecule has 4 aromatic rings. The summed E-state index contributed by atoms with van der Waals surface area (Å²) in [6.45, 7) is 6.09. The van der Waals surface area contributed by atoms with E-state index in [9.17, 15) is 4.79 Å². The number of pyridine rings is 1. The van der Waals surface area contributed by atoms with Gasteiger partial charge in [-0.2, -0.15) is 0 Å². The van der Waals surface area contributed by atoms with Gasteiger partial charge in [0, 0.05) is 24.5 Å². The second-order valence-corrected chi connectivity index (χ2v) is 8.43. The Labute approximate surface area is 180 Å². The van der Waals surface area contributed by atoms with Gasteiger partial charge in [0.1, 0.15) is 17.8 Å². The lowest BCUT2D eigenvalue weighted by molar-refractivity contribution is 0.102. The van der Waals surface area contributed by atoms with Crippen LogP contribution in [0.5, 0.6) is 0 Å². The first-order chi connectivity index (χ1) is 15.0. The SMILES string of the molecule is C=Cc1cc(C(=O)Nc2cccc(C3(c4nncn4C)CC(C)C3)c2)nc2cc[nH]c12. The molecule has 1 fully saturated rings. The Morgan fingerprint density at radius 1 is 1.32 bits per heavy atom. The molecular weight excluding hydrogens is 388 g/mol. The van der Waals surface area contributed by atoms with Gasteiger partial charge in [0.05, 0.1) is 16.4 Å². The third-order valence-corrected chi connectivity index (χ3v) is 6.21. The summed E-state index contributed by atoms with van der Waals surface area (Å²) in [6, 6.07) is 11.6. The quantitative estimate of drug-likeness (QED) is 0.511. The molecule has 1 saturated carbocycles. The van der Waals surface area contributed by atoms with E-state index in [0.717, 1.165) is 46.5 Å². The van der Waals surface area contributed by atoms with Gasteiger partial charge >= 0.3 is 0 Å². The van der Waals surface area contributed by atoms with E-state index in [2.05, 4.69) is 45.1 Å². The number of nitrogens with one attached hydrogen (secondary N) is 2. The fraction of sp³-hybridized carbons (Fsp3) is 0.250. The second kappa shape index (κ2) is 7.19. The van der Waals surface area contributed by atoms with Crippen molar-refractivity contribution in [1.29, 1.82) is 0 Å². The monoisotopic (exact) mass is 412 g/mol. The highest BCUT2D eigenvalue weighted by Crippen LogP contribution is 2.51. The average Bonchev–Trinajstić information content (AvgIpc) is 3.39. The molecule has 5 rings (SSSR count). The number of nitrogens with zero attached hydrogens (tertiary/aromatic N) is 4. The summed E-state index contributed by atoms with van der Waals surface area (Å²) < 4.78 is 1.99. The Hall–Kier alpha value is -3.74. The van der Waals surface area contributed by atoms with Crippen molar-refractivity contribution < 1.29 is 4.79 Å². The van der Waals surface area contributed by atoms with Gasteiger partial charge in [-0.3, -0.25) is 4.79 Å². The molecule has 1 aliphatic rings. The minimum atomic E-state index is -0.252. The molecule has 0 atom stereocenters. The van der Waals surface area contributed by atoms with Crippen LogP contribution in [0, 0.1) is 5.92 Å². The van der Waals surface area contributed by atoms with Gasteiger partial charge < -0.3 is 14.9 Å². The maximum atomic E-state index is 13.0. The highest BCUT2D eigenvalue weighted by molar-refractivity contribution is 6.05. The van der Waals surface area contributed by atoms with Crippen molar-refractivity contribution >= 4 is 28.7 Å². The highest BCUT2D eigenvalue weighted by Gasteiger charge is 2.48. The molecule has 1 aliphatic carbocycles. The maximum absolute atomic E-state index is 13.0. The molecule has 3 aromatic heterocycles. The fourth-order valence-electron chi connectivity index (χ4n) is 4.83. The smallest absolute Gasteiger partial charge is 0.274 e. The zero-order valence-electron chi connectivity index (χ0n) is 17.6. The van der Waals surface area contributed by atoms with E-state index in [4.69, 9.17) is 0 Å². The Bertz CT molecular complexity index is 1290. The summed E-state index contributed by atoms with van der Waals surface area (Å²) in [6.07, 6.45) is 7.28. The number of anilines is 1. The highest BCUT2D eigenvalue weighted by atomic mass is 16.1. The van der Waals surface area contributed by atoms with Gasteiger partial charge in [0.2, 0.25) is 0 Å². The van der Waals surface area contributed by atoms with Crippen LogP contribution in [0.3, 0.4) is 0 Å². The van der Waals surface area contributed by atoms with E-state index in [-0.39, 0.29) is 11.3 Å². The largest absolute Gasteiger partial charge is 0.359 e. The van der Waals surface area contributed by atoms with Crippen LogP contribution in [0.2, 0.25) is 0 Å². The minimum Gasteiger partial charge on any atom is -0.359 e. The molecule has 0 radical (unpaired) electrons. The van der Waals surface area contributed by atoms with Crippen LogP contribution < -0.4 is 5.32 Å². The second-order valence-electron chi connectivity index (χ2n) is 8.43. The molecule has 31 heavy (non-hydrogen) atoms. The number of rotatable bonds is 5. The Morgan fingerprint density at radius 2 is 2.16 bits per heavy atom. The number of carbonyl (C=O) groups is 1. The minimum absolute atomic E-state index is 0.177. The first-order valence-corrected chi connectivity index (χ1v) is 10.4. The van der Waals surface area contributed by atoms with Crippen LogP contribution >= 0.6 is 0 Å². The Balaban J connectivity index is 1.46. The lowest BCUT2D eigenvalue weighted by Gasteiger charge is -2.46. The van der Waals surface area contributed by atoms with E-state index in [1.165, 1.54) is 0 Å². The summed E-state index contributed by atoms with van der Waals surface area (Å²) in [5.74, 6) is 1.33.